The van der Waals surface area contributed by atoms with Crippen LogP contribution in [0.3, 0.4) is 0 Å². The van der Waals surface area contributed by atoms with Gasteiger partial charge in [0.2, 0.25) is 5.91 Å². The Kier molecular flexibility index (Phi) is 11.6. The molecule has 4 aromatic carbocycles. The Morgan fingerprint density at radius 1 is 0.816 bits per heavy atom. The third-order valence-corrected chi connectivity index (χ3v) is 11.4. The first-order valence-corrected chi connectivity index (χ1v) is 18.4. The zero-order chi connectivity index (χ0) is 34.1. The summed E-state index contributed by atoms with van der Waals surface area (Å²) in [6.45, 7) is 2.89. The number of methoxy groups -OCH3 is 2. The number of hydrogen-bond donors (Lipinski definition) is 1. The van der Waals surface area contributed by atoms with Gasteiger partial charge in [-0.25, -0.2) is 0 Å². The van der Waals surface area contributed by atoms with E-state index in [-0.39, 0.29) is 16.9 Å². The monoisotopic (exact) mass is 678 g/mol. The lowest BCUT2D eigenvalue weighted by atomic mass is 9.68. The smallest absolute Gasteiger partial charge is 0.224 e. The van der Waals surface area contributed by atoms with E-state index in [1.165, 1.54) is 47.9 Å². The molecule has 0 saturated carbocycles. The van der Waals surface area contributed by atoms with Gasteiger partial charge in [0.15, 0.2) is 11.5 Å². The van der Waals surface area contributed by atoms with E-state index in [1.54, 1.807) is 14.2 Å². The summed E-state index contributed by atoms with van der Waals surface area (Å²) in [4.78, 5) is 15.7. The lowest BCUT2D eigenvalue weighted by Crippen LogP contribution is -2.55. The molecule has 1 fully saturated rings. The highest BCUT2D eigenvalue weighted by atomic mass is 35.5. The van der Waals surface area contributed by atoms with Gasteiger partial charge in [-0.3, -0.25) is 9.69 Å². The number of nitrogens with zero attached hydrogens (tertiary/aromatic N) is 1. The molecule has 1 N–H and O–H groups in total. The summed E-state index contributed by atoms with van der Waals surface area (Å²) in [5.74, 6) is 1.71. The molecule has 1 aliphatic heterocycles. The van der Waals surface area contributed by atoms with Crippen molar-refractivity contribution in [1.82, 2.24) is 10.2 Å². The lowest BCUT2D eigenvalue weighted by Gasteiger charge is -2.50. The Morgan fingerprint density at radius 2 is 1.45 bits per heavy atom. The van der Waals surface area contributed by atoms with E-state index in [2.05, 4.69) is 83.0 Å². The van der Waals surface area contributed by atoms with Gasteiger partial charge < -0.3 is 14.8 Å². The number of halogens is 1. The van der Waals surface area contributed by atoms with E-state index in [0.717, 1.165) is 68.7 Å². The van der Waals surface area contributed by atoms with E-state index in [1.807, 2.05) is 24.3 Å². The minimum atomic E-state index is -0.143. The second kappa shape index (κ2) is 16.3. The van der Waals surface area contributed by atoms with Crippen molar-refractivity contribution in [2.75, 3.05) is 33.9 Å². The molecule has 1 saturated heterocycles. The number of piperidine rings is 1. The fourth-order valence-corrected chi connectivity index (χ4v) is 8.70. The molecule has 258 valence electrons. The van der Waals surface area contributed by atoms with Crippen molar-refractivity contribution in [2.45, 2.75) is 81.6 Å². The first-order chi connectivity index (χ1) is 23.9. The van der Waals surface area contributed by atoms with E-state index >= 15 is 0 Å². The van der Waals surface area contributed by atoms with Crippen LogP contribution in [0.1, 0.15) is 79.2 Å². The minimum absolute atomic E-state index is 0.0489. The number of aryl methyl sites for hydroxylation is 1. The Bertz CT molecular complexity index is 1620. The van der Waals surface area contributed by atoms with Crippen LogP contribution in [0.4, 0.5) is 0 Å². The molecule has 1 spiro atoms. The Labute approximate surface area is 298 Å². The minimum Gasteiger partial charge on any atom is -0.493 e. The number of fused-ring (bicyclic) bond motifs is 1. The summed E-state index contributed by atoms with van der Waals surface area (Å²) in [5, 5.41) is 3.88. The van der Waals surface area contributed by atoms with Crippen LogP contribution in [0.25, 0.3) is 0 Å². The van der Waals surface area contributed by atoms with Gasteiger partial charge in [0, 0.05) is 22.5 Å². The molecule has 1 amide bonds. The average Bonchev–Trinajstić information content (AvgIpc) is 3.14. The maximum absolute atomic E-state index is 12.8. The molecule has 1 atom stereocenters. The molecule has 2 aliphatic rings. The molecule has 0 aromatic heterocycles. The summed E-state index contributed by atoms with van der Waals surface area (Å²) < 4.78 is 11.3. The van der Waals surface area contributed by atoms with Gasteiger partial charge in [0.1, 0.15) is 0 Å². The van der Waals surface area contributed by atoms with Crippen LogP contribution in [0.5, 0.6) is 11.5 Å². The highest BCUT2D eigenvalue weighted by molar-refractivity contribution is 6.30. The lowest BCUT2D eigenvalue weighted by molar-refractivity contribution is -0.120. The SMILES string of the molecule is COc1cc2c(cc1OC)CC1(CCCCN1CCCC(CCCNC(=O)Cc1ccc(Cl)cc1)(c1ccccc1)c1ccccc1)CC2. The van der Waals surface area contributed by atoms with Gasteiger partial charge in [-0.2, -0.15) is 0 Å². The van der Waals surface area contributed by atoms with Crippen molar-refractivity contribution >= 4 is 17.5 Å². The molecule has 4 aromatic rings. The summed E-state index contributed by atoms with van der Waals surface area (Å²) in [5.41, 5.74) is 6.56. The number of rotatable bonds is 14. The standard InChI is InChI=1S/C43H51ClN2O3/c1-48-39-30-34-21-25-42(32-35(34)31-40(39)49-2)22-9-10-27-46(42)28-12-24-43(36-13-5-3-6-14-36,37-15-7-4-8-16-37)23-11-26-45-41(47)29-33-17-19-38(44)20-18-33/h3-8,13-20,30-31H,9-12,21-29,32H2,1-2H3,(H,45,47). The number of hydrogen-bond acceptors (Lipinski definition) is 4. The fourth-order valence-electron chi connectivity index (χ4n) is 8.58. The molecule has 1 heterocycles. The number of likely N-dealkylation sites (tertiary alicyclic amines) is 1. The van der Waals surface area contributed by atoms with Crippen molar-refractivity contribution in [3.8, 4) is 11.5 Å². The van der Waals surface area contributed by atoms with Crippen LogP contribution in [-0.4, -0.2) is 50.2 Å². The van der Waals surface area contributed by atoms with E-state index in [4.69, 9.17) is 21.1 Å². The van der Waals surface area contributed by atoms with Crippen LogP contribution >= 0.6 is 11.6 Å². The second-order valence-corrected chi connectivity index (χ2v) is 14.4. The molecule has 0 bridgehead atoms. The topological polar surface area (TPSA) is 50.8 Å². The van der Waals surface area contributed by atoms with Crippen LogP contribution in [-0.2, 0) is 29.5 Å². The molecule has 1 aliphatic carbocycles. The molecule has 0 radical (unpaired) electrons. The second-order valence-electron chi connectivity index (χ2n) is 14.0. The number of ether oxygens (including phenoxy) is 2. The van der Waals surface area contributed by atoms with Crippen LogP contribution in [0.15, 0.2) is 97.1 Å². The third kappa shape index (κ3) is 8.16. The van der Waals surface area contributed by atoms with Crippen LogP contribution < -0.4 is 14.8 Å². The molecule has 5 nitrogen and oxygen atoms in total. The average molecular weight is 679 g/mol. The van der Waals surface area contributed by atoms with Crippen molar-refractivity contribution in [3.63, 3.8) is 0 Å². The summed E-state index contributed by atoms with van der Waals surface area (Å²) in [6.07, 6.45) is 11.5. The van der Waals surface area contributed by atoms with Gasteiger partial charge in [0.25, 0.3) is 0 Å². The highest BCUT2D eigenvalue weighted by Crippen LogP contribution is 2.45. The van der Waals surface area contributed by atoms with Crippen molar-refractivity contribution < 1.29 is 14.3 Å². The van der Waals surface area contributed by atoms with E-state index in [0.29, 0.717) is 18.0 Å². The molecule has 6 heteroatoms. The first-order valence-electron chi connectivity index (χ1n) is 18.1. The van der Waals surface area contributed by atoms with E-state index in [9.17, 15) is 4.79 Å². The third-order valence-electron chi connectivity index (χ3n) is 11.1. The van der Waals surface area contributed by atoms with Crippen LogP contribution in [0, 0.1) is 0 Å². The normalized spacial score (nSPS) is 17.8. The predicted molar refractivity (Wildman–Crippen MR) is 200 cm³/mol. The Hall–Kier alpha value is -3.80. The number of amides is 1. The number of benzene rings is 4. The molecular formula is C43H51ClN2O3. The number of carbonyl (C=O) groups is 1. The predicted octanol–water partition coefficient (Wildman–Crippen LogP) is 8.98. The maximum Gasteiger partial charge on any atom is 0.224 e. The summed E-state index contributed by atoms with van der Waals surface area (Å²) in [6, 6.07) is 34.0. The van der Waals surface area contributed by atoms with Crippen molar-refractivity contribution in [3.05, 3.63) is 130 Å². The zero-order valence-electron chi connectivity index (χ0n) is 29.2. The van der Waals surface area contributed by atoms with Gasteiger partial charge in [-0.05, 0) is 123 Å². The summed E-state index contributed by atoms with van der Waals surface area (Å²) in [7, 11) is 3.46. The molecular weight excluding hydrogens is 628 g/mol. The fraction of sp³-hybridized carbons (Fsp3) is 0.419. The number of nitrogens with one attached hydrogen (secondary N) is 1. The molecule has 49 heavy (non-hydrogen) atoms. The van der Waals surface area contributed by atoms with Gasteiger partial charge in [-0.1, -0.05) is 90.8 Å². The maximum atomic E-state index is 12.8. The zero-order valence-corrected chi connectivity index (χ0v) is 29.9. The molecule has 6 rings (SSSR count). The highest BCUT2D eigenvalue weighted by Gasteiger charge is 2.42. The van der Waals surface area contributed by atoms with Crippen molar-refractivity contribution in [1.29, 1.82) is 0 Å². The quantitative estimate of drug-likeness (QED) is 0.135. The molecule has 1 unspecified atom stereocenters. The first kappa shape index (κ1) is 35.0. The van der Waals surface area contributed by atoms with E-state index < -0.39 is 0 Å². The Morgan fingerprint density at radius 3 is 2.10 bits per heavy atom. The van der Waals surface area contributed by atoms with Crippen molar-refractivity contribution in [2.24, 2.45) is 0 Å². The summed E-state index contributed by atoms with van der Waals surface area (Å²) >= 11 is 6.04. The van der Waals surface area contributed by atoms with Gasteiger partial charge >= 0.3 is 0 Å². The Balaban J connectivity index is 1.18. The van der Waals surface area contributed by atoms with Crippen LogP contribution in [0.2, 0.25) is 5.02 Å². The largest absolute Gasteiger partial charge is 0.493 e. The van der Waals surface area contributed by atoms with Gasteiger partial charge in [0.05, 0.1) is 20.6 Å². The van der Waals surface area contributed by atoms with Gasteiger partial charge in [-0.15, -0.1) is 0 Å². The number of carbonyl (C=O) groups excluding carboxylic acids is 1.